The Morgan fingerprint density at radius 3 is 2.73 bits per heavy atom. The lowest BCUT2D eigenvalue weighted by Crippen LogP contribution is -2.05. The molecule has 0 fully saturated rings. The van der Waals surface area contributed by atoms with Crippen molar-refractivity contribution in [3.8, 4) is 0 Å². The first-order valence-corrected chi connectivity index (χ1v) is 5.54. The van der Waals surface area contributed by atoms with Gasteiger partial charge in [0.15, 0.2) is 0 Å². The third-order valence-corrected chi connectivity index (χ3v) is 2.09. The smallest absolute Gasteiger partial charge is 0.0945 e. The first kappa shape index (κ1) is 12.2. The molecule has 0 unspecified atom stereocenters. The summed E-state index contributed by atoms with van der Waals surface area (Å²) in [6, 6.07) is 0. The number of hydrogen-bond acceptors (Lipinski definition) is 3. The zero-order valence-corrected chi connectivity index (χ0v) is 9.39. The summed E-state index contributed by atoms with van der Waals surface area (Å²) in [6.07, 6.45) is 7.85. The maximum Gasteiger partial charge on any atom is 0.0945 e. The Labute approximate surface area is 91.2 Å². The Balaban J connectivity index is 1.81. The molecule has 4 heteroatoms. The van der Waals surface area contributed by atoms with Gasteiger partial charge in [0.2, 0.25) is 0 Å². The van der Waals surface area contributed by atoms with Gasteiger partial charge < -0.3 is 14.0 Å². The molecule has 1 rings (SSSR count). The lowest BCUT2D eigenvalue weighted by Gasteiger charge is -2.04. The van der Waals surface area contributed by atoms with Gasteiger partial charge in [-0.05, 0) is 19.8 Å². The first-order valence-electron chi connectivity index (χ1n) is 5.54. The van der Waals surface area contributed by atoms with E-state index in [-0.39, 0.29) is 0 Å². The topological polar surface area (TPSA) is 36.3 Å². The van der Waals surface area contributed by atoms with Gasteiger partial charge in [-0.25, -0.2) is 4.98 Å². The molecule has 0 aliphatic carbocycles. The summed E-state index contributed by atoms with van der Waals surface area (Å²) in [5, 5.41) is 0. The van der Waals surface area contributed by atoms with E-state index >= 15 is 0 Å². The minimum atomic E-state index is 0.706. The monoisotopic (exact) mass is 212 g/mol. The number of rotatable bonds is 9. The van der Waals surface area contributed by atoms with E-state index in [0.29, 0.717) is 13.2 Å². The molecular formula is C11H20N2O2. The molecule has 0 saturated carbocycles. The molecule has 0 aromatic carbocycles. The standard InChI is InChI=1S/C11H20N2O2/c1-2-14-9-10-15-8-4-3-6-13-7-5-12-11-13/h5,7,11H,2-4,6,8-10H2,1H3. The molecule has 1 aromatic rings. The van der Waals surface area contributed by atoms with Gasteiger partial charge in [-0.1, -0.05) is 0 Å². The van der Waals surface area contributed by atoms with E-state index in [1.165, 1.54) is 0 Å². The second-order valence-corrected chi connectivity index (χ2v) is 3.32. The Morgan fingerprint density at radius 2 is 2.00 bits per heavy atom. The van der Waals surface area contributed by atoms with Crippen LogP contribution < -0.4 is 0 Å². The molecule has 15 heavy (non-hydrogen) atoms. The summed E-state index contributed by atoms with van der Waals surface area (Å²) < 4.78 is 12.7. The van der Waals surface area contributed by atoms with Crippen LogP contribution in [-0.2, 0) is 16.0 Å². The SMILES string of the molecule is CCOCCOCCCCn1ccnc1. The number of imidazole rings is 1. The number of unbranched alkanes of at least 4 members (excludes halogenated alkanes) is 1. The number of nitrogens with zero attached hydrogens (tertiary/aromatic N) is 2. The van der Waals surface area contributed by atoms with Crippen molar-refractivity contribution in [2.45, 2.75) is 26.3 Å². The van der Waals surface area contributed by atoms with Gasteiger partial charge in [-0.2, -0.15) is 0 Å². The summed E-state index contributed by atoms with van der Waals surface area (Å²) in [7, 11) is 0. The molecule has 0 atom stereocenters. The third kappa shape index (κ3) is 6.25. The van der Waals surface area contributed by atoms with Crippen LogP contribution in [0.3, 0.4) is 0 Å². The highest BCUT2D eigenvalue weighted by molar-refractivity contribution is 4.73. The second-order valence-electron chi connectivity index (χ2n) is 3.32. The number of aryl methyl sites for hydroxylation is 1. The fourth-order valence-corrected chi connectivity index (χ4v) is 1.28. The molecule has 0 spiro atoms. The van der Waals surface area contributed by atoms with E-state index in [2.05, 4.69) is 9.55 Å². The maximum atomic E-state index is 5.41. The van der Waals surface area contributed by atoms with E-state index in [1.807, 2.05) is 19.4 Å². The van der Waals surface area contributed by atoms with E-state index in [9.17, 15) is 0 Å². The average Bonchev–Trinajstić information content (AvgIpc) is 2.75. The van der Waals surface area contributed by atoms with Crippen LogP contribution in [0.1, 0.15) is 19.8 Å². The van der Waals surface area contributed by atoms with Gasteiger partial charge in [0.1, 0.15) is 0 Å². The van der Waals surface area contributed by atoms with Gasteiger partial charge in [0.25, 0.3) is 0 Å². The first-order chi connectivity index (χ1) is 7.43. The van der Waals surface area contributed by atoms with Crippen molar-refractivity contribution in [1.82, 2.24) is 9.55 Å². The number of ether oxygens (including phenoxy) is 2. The Hall–Kier alpha value is -0.870. The van der Waals surface area contributed by atoms with Crippen molar-refractivity contribution in [2.75, 3.05) is 26.4 Å². The second kappa shape index (κ2) is 8.44. The molecule has 0 N–H and O–H groups in total. The molecule has 0 radical (unpaired) electrons. The van der Waals surface area contributed by atoms with E-state index in [0.717, 1.165) is 32.6 Å². The van der Waals surface area contributed by atoms with Gasteiger partial charge in [0, 0.05) is 32.2 Å². The van der Waals surface area contributed by atoms with Crippen LogP contribution >= 0.6 is 0 Å². The highest BCUT2D eigenvalue weighted by Crippen LogP contribution is 1.95. The zero-order valence-electron chi connectivity index (χ0n) is 9.39. The van der Waals surface area contributed by atoms with Crippen molar-refractivity contribution in [3.63, 3.8) is 0 Å². The molecule has 0 bridgehead atoms. The highest BCUT2D eigenvalue weighted by atomic mass is 16.5. The van der Waals surface area contributed by atoms with E-state index < -0.39 is 0 Å². The minimum Gasteiger partial charge on any atom is -0.379 e. The predicted molar refractivity (Wildman–Crippen MR) is 58.8 cm³/mol. The summed E-state index contributed by atoms with van der Waals surface area (Å²) in [6.45, 7) is 6.02. The summed E-state index contributed by atoms with van der Waals surface area (Å²) in [4.78, 5) is 3.99. The summed E-state index contributed by atoms with van der Waals surface area (Å²) in [5.41, 5.74) is 0. The Bertz CT molecular complexity index is 225. The molecule has 86 valence electrons. The lowest BCUT2D eigenvalue weighted by molar-refractivity contribution is 0.0511. The Kier molecular flexibility index (Phi) is 6.86. The van der Waals surface area contributed by atoms with Gasteiger partial charge >= 0.3 is 0 Å². The number of hydrogen-bond donors (Lipinski definition) is 0. The van der Waals surface area contributed by atoms with Crippen molar-refractivity contribution in [3.05, 3.63) is 18.7 Å². The van der Waals surface area contributed by atoms with E-state index in [4.69, 9.17) is 9.47 Å². The van der Waals surface area contributed by atoms with Crippen molar-refractivity contribution in [2.24, 2.45) is 0 Å². The molecule has 1 heterocycles. The zero-order chi connectivity index (χ0) is 10.8. The normalized spacial score (nSPS) is 10.7. The van der Waals surface area contributed by atoms with Crippen LogP contribution in [-0.4, -0.2) is 36.0 Å². The molecule has 0 amide bonds. The minimum absolute atomic E-state index is 0.706. The fourth-order valence-electron chi connectivity index (χ4n) is 1.28. The molecule has 0 aliphatic heterocycles. The Morgan fingerprint density at radius 1 is 1.13 bits per heavy atom. The third-order valence-electron chi connectivity index (χ3n) is 2.09. The quantitative estimate of drug-likeness (QED) is 0.585. The van der Waals surface area contributed by atoms with Crippen LogP contribution in [0.5, 0.6) is 0 Å². The average molecular weight is 212 g/mol. The van der Waals surface area contributed by atoms with Crippen LogP contribution in [0.15, 0.2) is 18.7 Å². The van der Waals surface area contributed by atoms with Crippen LogP contribution in [0.25, 0.3) is 0 Å². The highest BCUT2D eigenvalue weighted by Gasteiger charge is 1.92. The summed E-state index contributed by atoms with van der Waals surface area (Å²) >= 11 is 0. The maximum absolute atomic E-state index is 5.41. The van der Waals surface area contributed by atoms with Crippen molar-refractivity contribution in [1.29, 1.82) is 0 Å². The molecule has 4 nitrogen and oxygen atoms in total. The summed E-state index contributed by atoms with van der Waals surface area (Å²) in [5.74, 6) is 0. The molecule has 1 aromatic heterocycles. The largest absolute Gasteiger partial charge is 0.379 e. The predicted octanol–water partition coefficient (Wildman–Crippen LogP) is 1.72. The molecular weight excluding hydrogens is 192 g/mol. The van der Waals surface area contributed by atoms with Crippen molar-refractivity contribution < 1.29 is 9.47 Å². The number of aromatic nitrogens is 2. The van der Waals surface area contributed by atoms with Gasteiger partial charge in [-0.15, -0.1) is 0 Å². The van der Waals surface area contributed by atoms with Crippen LogP contribution in [0.2, 0.25) is 0 Å². The lowest BCUT2D eigenvalue weighted by atomic mass is 10.3. The van der Waals surface area contributed by atoms with Crippen LogP contribution in [0.4, 0.5) is 0 Å². The van der Waals surface area contributed by atoms with E-state index in [1.54, 1.807) is 6.20 Å². The molecule has 0 aliphatic rings. The fraction of sp³-hybridized carbons (Fsp3) is 0.727. The van der Waals surface area contributed by atoms with Gasteiger partial charge in [-0.3, -0.25) is 0 Å². The molecule has 0 saturated heterocycles. The van der Waals surface area contributed by atoms with Gasteiger partial charge in [0.05, 0.1) is 19.5 Å². The van der Waals surface area contributed by atoms with Crippen molar-refractivity contribution >= 4 is 0 Å². The van der Waals surface area contributed by atoms with Crippen LogP contribution in [0, 0.1) is 0 Å².